The van der Waals surface area contributed by atoms with E-state index in [0.717, 1.165) is 26.1 Å². The summed E-state index contributed by atoms with van der Waals surface area (Å²) < 4.78 is 19.8. The maximum atomic E-state index is 14.0. The molecule has 0 saturated carbocycles. The van der Waals surface area contributed by atoms with E-state index in [0.29, 0.717) is 16.0 Å². The Bertz CT molecular complexity index is 383. The maximum absolute atomic E-state index is 14.0. The van der Waals surface area contributed by atoms with Gasteiger partial charge in [0.1, 0.15) is 5.82 Å². The molecule has 5 heteroatoms. The number of hydrogen-bond acceptors (Lipinski definition) is 3. The van der Waals surface area contributed by atoms with Gasteiger partial charge in [-0.05, 0) is 40.8 Å². The fourth-order valence-electron chi connectivity index (χ4n) is 2.29. The zero-order valence-corrected chi connectivity index (χ0v) is 11.0. The first-order valence-corrected chi connectivity index (χ1v) is 6.51. The summed E-state index contributed by atoms with van der Waals surface area (Å²) in [5, 5.41) is 0. The van der Waals surface area contributed by atoms with Gasteiger partial charge in [0.2, 0.25) is 0 Å². The largest absolute Gasteiger partial charge is 0.381 e. The highest BCUT2D eigenvalue weighted by molar-refractivity contribution is 9.10. The topological polar surface area (TPSA) is 47.3 Å². The lowest BCUT2D eigenvalue weighted by atomic mass is 9.87. The van der Waals surface area contributed by atoms with Gasteiger partial charge in [0.25, 0.3) is 0 Å². The van der Waals surface area contributed by atoms with E-state index in [1.807, 2.05) is 6.07 Å². The molecule has 1 heterocycles. The Balaban J connectivity index is 2.24. The molecule has 0 radical (unpaired) electrons. The van der Waals surface area contributed by atoms with Gasteiger partial charge in [-0.3, -0.25) is 11.3 Å². The second-order valence-electron chi connectivity index (χ2n) is 4.24. The molecular formula is C12H16BrFN2O. The first kappa shape index (κ1) is 13.0. The molecule has 0 aliphatic carbocycles. The standard InChI is InChI=1S/C12H16BrFN2O/c13-10-3-1-2-9(11(10)14)12(16-15)8-4-6-17-7-5-8/h1-3,8,12,16H,4-7,15H2. The monoisotopic (exact) mass is 302 g/mol. The van der Waals surface area contributed by atoms with E-state index in [4.69, 9.17) is 10.6 Å². The Kier molecular flexibility index (Phi) is 4.50. The minimum absolute atomic E-state index is 0.156. The minimum Gasteiger partial charge on any atom is -0.381 e. The van der Waals surface area contributed by atoms with E-state index in [1.165, 1.54) is 0 Å². The summed E-state index contributed by atoms with van der Waals surface area (Å²) in [7, 11) is 0. The van der Waals surface area contributed by atoms with Crippen molar-refractivity contribution in [3.05, 3.63) is 34.1 Å². The summed E-state index contributed by atoms with van der Waals surface area (Å²) in [4.78, 5) is 0. The van der Waals surface area contributed by atoms with Crippen LogP contribution in [0.3, 0.4) is 0 Å². The van der Waals surface area contributed by atoms with Crippen LogP contribution in [0.1, 0.15) is 24.4 Å². The molecule has 0 aromatic heterocycles. The molecule has 17 heavy (non-hydrogen) atoms. The summed E-state index contributed by atoms with van der Waals surface area (Å²) in [6.07, 6.45) is 1.81. The van der Waals surface area contributed by atoms with Crippen molar-refractivity contribution < 1.29 is 9.13 Å². The summed E-state index contributed by atoms with van der Waals surface area (Å²) in [5.74, 6) is 5.66. The summed E-state index contributed by atoms with van der Waals surface area (Å²) >= 11 is 3.20. The molecule has 2 rings (SSSR count). The van der Waals surface area contributed by atoms with E-state index in [9.17, 15) is 4.39 Å². The Morgan fingerprint density at radius 2 is 2.12 bits per heavy atom. The molecule has 1 saturated heterocycles. The summed E-state index contributed by atoms with van der Waals surface area (Å²) in [6, 6.07) is 5.14. The van der Waals surface area contributed by atoms with Gasteiger partial charge in [-0.1, -0.05) is 12.1 Å². The number of ether oxygens (including phenoxy) is 1. The SMILES string of the molecule is NNC(c1cccc(Br)c1F)C1CCOCC1. The highest BCUT2D eigenvalue weighted by Crippen LogP contribution is 2.32. The highest BCUT2D eigenvalue weighted by Gasteiger charge is 2.27. The van der Waals surface area contributed by atoms with Crippen molar-refractivity contribution in [1.82, 2.24) is 5.43 Å². The number of benzene rings is 1. The molecular weight excluding hydrogens is 287 g/mol. The lowest BCUT2D eigenvalue weighted by Crippen LogP contribution is -2.36. The molecule has 94 valence electrons. The third-order valence-corrected chi connectivity index (χ3v) is 3.85. The van der Waals surface area contributed by atoms with Gasteiger partial charge < -0.3 is 4.74 Å². The quantitative estimate of drug-likeness (QED) is 0.666. The molecule has 1 aliphatic rings. The zero-order chi connectivity index (χ0) is 12.3. The Labute approximate surface area is 109 Å². The van der Waals surface area contributed by atoms with Crippen molar-refractivity contribution in [1.29, 1.82) is 0 Å². The lowest BCUT2D eigenvalue weighted by Gasteiger charge is -2.30. The normalized spacial score (nSPS) is 19.2. The van der Waals surface area contributed by atoms with E-state index in [1.54, 1.807) is 12.1 Å². The summed E-state index contributed by atoms with van der Waals surface area (Å²) in [5.41, 5.74) is 3.36. The molecule has 1 atom stereocenters. The first-order chi connectivity index (χ1) is 8.24. The fraction of sp³-hybridized carbons (Fsp3) is 0.500. The number of nitrogens with two attached hydrogens (primary N) is 1. The van der Waals surface area contributed by atoms with Gasteiger partial charge in [-0.15, -0.1) is 0 Å². The molecule has 1 aromatic rings. The maximum Gasteiger partial charge on any atom is 0.142 e. The van der Waals surface area contributed by atoms with Crippen LogP contribution < -0.4 is 11.3 Å². The van der Waals surface area contributed by atoms with Crippen molar-refractivity contribution in [3.63, 3.8) is 0 Å². The van der Waals surface area contributed by atoms with Gasteiger partial charge >= 0.3 is 0 Å². The van der Waals surface area contributed by atoms with Crippen LogP contribution in [0.25, 0.3) is 0 Å². The number of halogens is 2. The van der Waals surface area contributed by atoms with E-state index < -0.39 is 0 Å². The average molecular weight is 303 g/mol. The smallest absolute Gasteiger partial charge is 0.142 e. The Hall–Kier alpha value is -0.490. The lowest BCUT2D eigenvalue weighted by molar-refractivity contribution is 0.0531. The van der Waals surface area contributed by atoms with Crippen LogP contribution in [0.2, 0.25) is 0 Å². The van der Waals surface area contributed by atoms with Crippen molar-refractivity contribution in [2.24, 2.45) is 11.8 Å². The second kappa shape index (κ2) is 5.91. The Morgan fingerprint density at radius 1 is 1.41 bits per heavy atom. The molecule has 0 spiro atoms. The van der Waals surface area contributed by atoms with Gasteiger partial charge in [0, 0.05) is 18.8 Å². The molecule has 3 nitrogen and oxygen atoms in total. The molecule has 1 fully saturated rings. The van der Waals surface area contributed by atoms with Crippen LogP contribution in [0.15, 0.2) is 22.7 Å². The summed E-state index contributed by atoms with van der Waals surface area (Å²) in [6.45, 7) is 1.44. The average Bonchev–Trinajstić information content (AvgIpc) is 2.37. The van der Waals surface area contributed by atoms with E-state index in [-0.39, 0.29) is 11.9 Å². The van der Waals surface area contributed by atoms with Crippen LogP contribution in [0, 0.1) is 11.7 Å². The second-order valence-corrected chi connectivity index (χ2v) is 5.09. The molecule has 0 amide bonds. The van der Waals surface area contributed by atoms with E-state index in [2.05, 4.69) is 21.4 Å². The molecule has 1 unspecified atom stereocenters. The minimum atomic E-state index is -0.234. The van der Waals surface area contributed by atoms with Crippen LogP contribution in [0.4, 0.5) is 4.39 Å². The van der Waals surface area contributed by atoms with Gasteiger partial charge in [0.15, 0.2) is 0 Å². The first-order valence-electron chi connectivity index (χ1n) is 5.72. The van der Waals surface area contributed by atoms with Crippen molar-refractivity contribution >= 4 is 15.9 Å². The third-order valence-electron chi connectivity index (χ3n) is 3.23. The number of nitrogens with one attached hydrogen (secondary N) is 1. The zero-order valence-electron chi connectivity index (χ0n) is 9.46. The van der Waals surface area contributed by atoms with Crippen LogP contribution >= 0.6 is 15.9 Å². The van der Waals surface area contributed by atoms with Crippen molar-refractivity contribution in [3.8, 4) is 0 Å². The number of hydrazine groups is 1. The fourth-order valence-corrected chi connectivity index (χ4v) is 2.67. The molecule has 1 aliphatic heterocycles. The third kappa shape index (κ3) is 2.85. The van der Waals surface area contributed by atoms with Crippen molar-refractivity contribution in [2.75, 3.05) is 13.2 Å². The Morgan fingerprint density at radius 3 is 2.76 bits per heavy atom. The number of rotatable bonds is 3. The molecule has 0 bridgehead atoms. The number of hydrogen-bond donors (Lipinski definition) is 2. The van der Waals surface area contributed by atoms with E-state index >= 15 is 0 Å². The van der Waals surface area contributed by atoms with Crippen LogP contribution in [0.5, 0.6) is 0 Å². The van der Waals surface area contributed by atoms with Gasteiger partial charge in [-0.2, -0.15) is 0 Å². The van der Waals surface area contributed by atoms with Gasteiger partial charge in [-0.25, -0.2) is 4.39 Å². The van der Waals surface area contributed by atoms with Gasteiger partial charge in [0.05, 0.1) is 10.5 Å². The molecule has 3 N–H and O–H groups in total. The predicted molar refractivity (Wildman–Crippen MR) is 67.7 cm³/mol. The highest BCUT2D eigenvalue weighted by atomic mass is 79.9. The predicted octanol–water partition coefficient (Wildman–Crippen LogP) is 2.52. The van der Waals surface area contributed by atoms with Crippen LogP contribution in [-0.4, -0.2) is 13.2 Å². The van der Waals surface area contributed by atoms with Crippen LogP contribution in [-0.2, 0) is 4.74 Å². The van der Waals surface area contributed by atoms with Crippen molar-refractivity contribution in [2.45, 2.75) is 18.9 Å². The molecule has 1 aromatic carbocycles.